The number of hydrogen-bond acceptors (Lipinski definition) is 4. The highest BCUT2D eigenvalue weighted by Gasteiger charge is 2.15. The first-order chi connectivity index (χ1) is 11.0. The van der Waals surface area contributed by atoms with Gasteiger partial charge >= 0.3 is 0 Å². The van der Waals surface area contributed by atoms with Gasteiger partial charge in [0.15, 0.2) is 5.75 Å². The van der Waals surface area contributed by atoms with Gasteiger partial charge in [0.25, 0.3) is 11.5 Å². The Morgan fingerprint density at radius 3 is 2.83 bits per heavy atom. The number of aromatic nitrogens is 2. The second-order valence-corrected chi connectivity index (χ2v) is 5.56. The number of halogens is 2. The molecule has 1 N–H and O–H groups in total. The van der Waals surface area contributed by atoms with Crippen molar-refractivity contribution in [3.8, 4) is 5.75 Å². The summed E-state index contributed by atoms with van der Waals surface area (Å²) in [4.78, 5) is 23.9. The molecule has 1 aromatic carbocycles. The van der Waals surface area contributed by atoms with Crippen molar-refractivity contribution in [1.29, 1.82) is 0 Å². The molecule has 8 heteroatoms. The maximum absolute atomic E-state index is 13.5. The lowest BCUT2D eigenvalue weighted by Crippen LogP contribution is -2.26. The lowest BCUT2D eigenvalue weighted by atomic mass is 10.2. The third-order valence-corrected chi connectivity index (χ3v) is 3.58. The number of nitrogens with zero attached hydrogens (tertiary/aromatic N) is 2. The number of benzene rings is 1. The van der Waals surface area contributed by atoms with Crippen LogP contribution in [0, 0.1) is 5.82 Å². The van der Waals surface area contributed by atoms with E-state index in [4.69, 9.17) is 4.74 Å². The fourth-order valence-electron chi connectivity index (χ4n) is 1.99. The van der Waals surface area contributed by atoms with Crippen LogP contribution in [0.4, 0.5) is 10.1 Å². The molecule has 1 aromatic heterocycles. The summed E-state index contributed by atoms with van der Waals surface area (Å²) in [5.41, 5.74) is -0.0608. The molecule has 122 valence electrons. The number of carbonyl (C=O) groups is 1. The summed E-state index contributed by atoms with van der Waals surface area (Å²) < 4.78 is 20.3. The Morgan fingerprint density at radius 1 is 1.43 bits per heavy atom. The second kappa shape index (κ2) is 7.36. The van der Waals surface area contributed by atoms with Crippen molar-refractivity contribution in [1.82, 2.24) is 9.78 Å². The van der Waals surface area contributed by atoms with Gasteiger partial charge in [-0.05, 0) is 34.5 Å². The van der Waals surface area contributed by atoms with Crippen LogP contribution < -0.4 is 15.6 Å². The minimum absolute atomic E-state index is 0.0560. The van der Waals surface area contributed by atoms with Crippen molar-refractivity contribution in [2.24, 2.45) is 0 Å². The largest absolute Gasteiger partial charge is 0.493 e. The van der Waals surface area contributed by atoms with Crippen molar-refractivity contribution in [3.05, 3.63) is 50.6 Å². The zero-order chi connectivity index (χ0) is 17.0. The van der Waals surface area contributed by atoms with Gasteiger partial charge in [-0.15, -0.1) is 0 Å². The first-order valence-corrected chi connectivity index (χ1v) is 7.68. The number of anilines is 1. The minimum atomic E-state index is -0.564. The molecule has 0 aliphatic carbocycles. The summed E-state index contributed by atoms with van der Waals surface area (Å²) >= 11 is 3.17. The van der Waals surface area contributed by atoms with Crippen LogP contribution in [0.1, 0.15) is 23.8 Å². The number of carbonyl (C=O) groups excluding carboxylic acids is 1. The van der Waals surface area contributed by atoms with Crippen molar-refractivity contribution < 1.29 is 13.9 Å². The molecule has 1 amide bonds. The highest BCUT2D eigenvalue weighted by Crippen LogP contribution is 2.34. The third-order valence-electron chi connectivity index (χ3n) is 3.00. The van der Waals surface area contributed by atoms with E-state index in [9.17, 15) is 14.0 Å². The number of hydrogen-bond donors (Lipinski definition) is 1. The number of methoxy groups -OCH3 is 1. The maximum atomic E-state index is 13.5. The molecule has 0 fully saturated rings. The van der Waals surface area contributed by atoms with Crippen LogP contribution in [-0.2, 0) is 6.54 Å². The predicted octanol–water partition coefficient (Wildman–Crippen LogP) is 2.82. The van der Waals surface area contributed by atoms with Gasteiger partial charge in [-0.1, -0.05) is 6.92 Å². The van der Waals surface area contributed by atoms with Gasteiger partial charge in [0, 0.05) is 18.7 Å². The Balaban J connectivity index is 2.33. The Morgan fingerprint density at radius 2 is 2.17 bits per heavy atom. The van der Waals surface area contributed by atoms with E-state index in [1.807, 2.05) is 6.92 Å². The van der Waals surface area contributed by atoms with E-state index in [1.165, 1.54) is 30.0 Å². The Labute approximate surface area is 140 Å². The molecule has 0 unspecified atom stereocenters. The van der Waals surface area contributed by atoms with E-state index in [0.29, 0.717) is 23.2 Å². The molecular weight excluding hydrogens is 369 g/mol. The van der Waals surface area contributed by atoms with Gasteiger partial charge in [-0.25, -0.2) is 9.07 Å². The number of ether oxygens (including phenoxy) is 1. The van der Waals surface area contributed by atoms with Crippen LogP contribution in [0.3, 0.4) is 0 Å². The lowest BCUT2D eigenvalue weighted by molar-refractivity contribution is 0.101. The van der Waals surface area contributed by atoms with E-state index in [-0.39, 0.29) is 16.9 Å². The molecule has 0 spiro atoms. The fraction of sp³-hybridized carbons (Fsp3) is 0.267. The fourth-order valence-corrected chi connectivity index (χ4v) is 2.58. The molecule has 6 nitrogen and oxygen atoms in total. The summed E-state index contributed by atoms with van der Waals surface area (Å²) in [5.74, 6) is -0.802. The molecule has 2 aromatic rings. The van der Waals surface area contributed by atoms with Crippen molar-refractivity contribution in [2.45, 2.75) is 19.9 Å². The minimum Gasteiger partial charge on any atom is -0.493 e. The quantitative estimate of drug-likeness (QED) is 0.861. The molecule has 0 saturated carbocycles. The van der Waals surface area contributed by atoms with Crippen LogP contribution in [0.25, 0.3) is 0 Å². The van der Waals surface area contributed by atoms with Gasteiger partial charge in [-0.3, -0.25) is 9.59 Å². The smallest absolute Gasteiger partial charge is 0.276 e. The summed E-state index contributed by atoms with van der Waals surface area (Å²) in [5, 5.41) is 6.54. The molecule has 0 saturated heterocycles. The van der Waals surface area contributed by atoms with E-state index in [0.717, 1.165) is 6.07 Å². The van der Waals surface area contributed by atoms with Gasteiger partial charge in [0.2, 0.25) is 0 Å². The zero-order valence-electron chi connectivity index (χ0n) is 12.6. The van der Waals surface area contributed by atoms with Gasteiger partial charge in [0.1, 0.15) is 11.5 Å². The Kier molecular flexibility index (Phi) is 5.49. The van der Waals surface area contributed by atoms with E-state index >= 15 is 0 Å². The second-order valence-electron chi connectivity index (χ2n) is 4.70. The number of nitrogens with one attached hydrogen (secondary N) is 1. The first kappa shape index (κ1) is 17.1. The predicted molar refractivity (Wildman–Crippen MR) is 87.4 cm³/mol. The summed E-state index contributed by atoms with van der Waals surface area (Å²) in [6.07, 6.45) is 0.711. The Hall–Kier alpha value is -2.22. The van der Waals surface area contributed by atoms with Gasteiger partial charge in [-0.2, -0.15) is 5.10 Å². The molecule has 0 aliphatic heterocycles. The molecule has 0 radical (unpaired) electrons. The highest BCUT2D eigenvalue weighted by molar-refractivity contribution is 9.10. The summed E-state index contributed by atoms with van der Waals surface area (Å²) in [6, 6.07) is 4.97. The Bertz CT molecular complexity index is 792. The van der Waals surface area contributed by atoms with Crippen molar-refractivity contribution in [2.75, 3.05) is 12.4 Å². The van der Waals surface area contributed by atoms with Crippen LogP contribution in [-0.4, -0.2) is 22.8 Å². The molecule has 0 aliphatic rings. The molecule has 2 rings (SSSR count). The van der Waals surface area contributed by atoms with Crippen LogP contribution in [0.5, 0.6) is 5.75 Å². The maximum Gasteiger partial charge on any atom is 0.276 e. The number of aryl methyl sites for hydroxylation is 1. The normalized spacial score (nSPS) is 10.4. The van der Waals surface area contributed by atoms with Crippen LogP contribution in [0.15, 0.2) is 33.5 Å². The van der Waals surface area contributed by atoms with E-state index in [1.54, 1.807) is 0 Å². The first-order valence-electron chi connectivity index (χ1n) is 6.88. The van der Waals surface area contributed by atoms with Gasteiger partial charge < -0.3 is 10.1 Å². The highest BCUT2D eigenvalue weighted by atomic mass is 79.9. The topological polar surface area (TPSA) is 73.2 Å². The molecule has 23 heavy (non-hydrogen) atoms. The number of amides is 1. The molecular formula is C15H15BrFN3O3. The standard InChI is InChI=1S/C15H15BrFN3O3/c1-3-6-20-13(21)5-4-11(19-20)15(22)18-12-8-9(17)7-10(16)14(12)23-2/h4-5,7-8H,3,6H2,1-2H3,(H,18,22). The lowest BCUT2D eigenvalue weighted by Gasteiger charge is -2.12. The van der Waals surface area contributed by atoms with E-state index < -0.39 is 11.7 Å². The SMILES string of the molecule is CCCn1nc(C(=O)Nc2cc(F)cc(Br)c2OC)ccc1=O. The zero-order valence-corrected chi connectivity index (χ0v) is 14.2. The van der Waals surface area contributed by atoms with Gasteiger partial charge in [0.05, 0.1) is 17.3 Å². The van der Waals surface area contributed by atoms with Crippen LogP contribution in [0.2, 0.25) is 0 Å². The van der Waals surface area contributed by atoms with Crippen molar-refractivity contribution >= 4 is 27.5 Å². The average Bonchev–Trinajstić information content (AvgIpc) is 2.49. The summed E-state index contributed by atoms with van der Waals surface area (Å²) in [7, 11) is 1.41. The molecule has 0 atom stereocenters. The van der Waals surface area contributed by atoms with Crippen molar-refractivity contribution in [3.63, 3.8) is 0 Å². The van der Waals surface area contributed by atoms with Crippen LogP contribution >= 0.6 is 15.9 Å². The third kappa shape index (κ3) is 3.95. The molecule has 0 bridgehead atoms. The molecule has 1 heterocycles. The number of rotatable bonds is 5. The summed E-state index contributed by atoms with van der Waals surface area (Å²) in [6.45, 7) is 2.31. The van der Waals surface area contributed by atoms with E-state index in [2.05, 4.69) is 26.3 Å². The average molecular weight is 384 g/mol. The monoisotopic (exact) mass is 383 g/mol.